The first-order valence-corrected chi connectivity index (χ1v) is 7.54. The van der Waals surface area contributed by atoms with E-state index in [2.05, 4.69) is 5.43 Å². The minimum absolute atomic E-state index is 0.0921. The molecular formula is C14H11N6O9+. The maximum atomic E-state index is 12.5. The maximum Gasteiger partial charge on any atom is 0.308 e. The molecule has 0 bridgehead atoms. The molecule has 0 heterocycles. The topological polar surface area (TPSA) is 205 Å². The summed E-state index contributed by atoms with van der Waals surface area (Å²) >= 11 is 0. The van der Waals surface area contributed by atoms with Crippen molar-refractivity contribution in [1.29, 1.82) is 0 Å². The smallest absolute Gasteiger partial charge is 0.258 e. The Hall–Kier alpha value is -4.56. The third-order valence-electron chi connectivity index (χ3n) is 3.96. The van der Waals surface area contributed by atoms with Gasteiger partial charge in [0.1, 0.15) is 11.3 Å². The molecule has 2 aromatic rings. The average Bonchev–Trinajstić information content (AvgIpc) is 2.62. The molecule has 0 radical (unpaired) electrons. The number of nitro groups is 4. The molecular weight excluding hydrogens is 396 g/mol. The van der Waals surface area contributed by atoms with Crippen molar-refractivity contribution in [2.45, 2.75) is 13.8 Å². The van der Waals surface area contributed by atoms with Crippen molar-refractivity contribution in [3.63, 3.8) is 0 Å². The fourth-order valence-electron chi connectivity index (χ4n) is 2.44. The van der Waals surface area contributed by atoms with Crippen LogP contribution in [0.1, 0.15) is 11.1 Å². The first-order chi connectivity index (χ1) is 13.4. The van der Waals surface area contributed by atoms with Gasteiger partial charge in [-0.2, -0.15) is 0 Å². The number of nitroso groups, excluding NO2 is 1. The molecule has 29 heavy (non-hydrogen) atoms. The van der Waals surface area contributed by atoms with Crippen LogP contribution in [0, 0.1) is 59.2 Å². The summed E-state index contributed by atoms with van der Waals surface area (Å²) < 4.78 is 0. The van der Waals surface area contributed by atoms with Gasteiger partial charge in [0.15, 0.2) is 4.87 Å². The number of non-ortho nitro benzene ring substituents is 2. The summed E-state index contributed by atoms with van der Waals surface area (Å²) in [4.78, 5) is 53.0. The second-order valence-corrected chi connectivity index (χ2v) is 5.68. The lowest BCUT2D eigenvalue weighted by molar-refractivity contribution is -0.433. The fourth-order valence-corrected chi connectivity index (χ4v) is 2.44. The molecule has 150 valence electrons. The van der Waals surface area contributed by atoms with Crippen molar-refractivity contribution in [2.75, 3.05) is 5.43 Å². The molecule has 2 rings (SSSR count). The van der Waals surface area contributed by atoms with Crippen molar-refractivity contribution in [2.24, 2.45) is 0 Å². The van der Waals surface area contributed by atoms with Crippen LogP contribution in [0.15, 0.2) is 24.3 Å². The van der Waals surface area contributed by atoms with Gasteiger partial charge >= 0.3 is 5.69 Å². The van der Waals surface area contributed by atoms with E-state index in [0.29, 0.717) is 12.1 Å². The Bertz CT molecular complexity index is 1100. The average molecular weight is 407 g/mol. The zero-order valence-corrected chi connectivity index (χ0v) is 14.7. The summed E-state index contributed by atoms with van der Waals surface area (Å²) in [5, 5.41) is 44.2. The monoisotopic (exact) mass is 407 g/mol. The second-order valence-electron chi connectivity index (χ2n) is 5.68. The maximum absolute atomic E-state index is 12.5. The van der Waals surface area contributed by atoms with Gasteiger partial charge in [-0.3, -0.25) is 40.5 Å². The Kier molecular flexibility index (Phi) is 5.43. The van der Waals surface area contributed by atoms with Crippen molar-refractivity contribution in [3.05, 3.63) is 80.8 Å². The highest BCUT2D eigenvalue weighted by Gasteiger charge is 2.32. The van der Waals surface area contributed by atoms with E-state index in [9.17, 15) is 45.4 Å². The molecule has 0 saturated carbocycles. The van der Waals surface area contributed by atoms with E-state index in [1.807, 2.05) is 0 Å². The van der Waals surface area contributed by atoms with Crippen molar-refractivity contribution < 1.29 is 24.6 Å². The molecule has 0 saturated heterocycles. The Balaban J connectivity index is 2.61. The Labute approximate surface area is 159 Å². The van der Waals surface area contributed by atoms with Gasteiger partial charge in [0, 0.05) is 6.07 Å². The van der Waals surface area contributed by atoms with E-state index >= 15 is 0 Å². The highest BCUT2D eigenvalue weighted by Crippen LogP contribution is 2.35. The summed E-state index contributed by atoms with van der Waals surface area (Å²) in [6.07, 6.45) is 0. The van der Waals surface area contributed by atoms with Crippen molar-refractivity contribution in [1.82, 2.24) is 0 Å². The number of hydrogen-bond donors (Lipinski definition) is 1. The van der Waals surface area contributed by atoms with Gasteiger partial charge in [-0.1, -0.05) is 0 Å². The van der Waals surface area contributed by atoms with Crippen LogP contribution < -0.4 is 5.43 Å². The summed E-state index contributed by atoms with van der Waals surface area (Å²) in [6, 6.07) is 3.01. The van der Waals surface area contributed by atoms with Gasteiger partial charge in [0.2, 0.25) is 0 Å². The standard InChI is InChI=1S/C14H11N6O9/c1-7-11(3-9(17(22)23)5-13(7)19(26)27)15-16(21)12-4-10(18(24)25)6-14(8(12)2)20(28)29/h3-6H,1-2H3,(H,15,21)/q+1. The molecule has 0 unspecified atom stereocenters. The Morgan fingerprint density at radius 2 is 1.03 bits per heavy atom. The summed E-state index contributed by atoms with van der Waals surface area (Å²) in [6.45, 7) is 2.40. The molecule has 0 fully saturated rings. The Morgan fingerprint density at radius 1 is 0.621 bits per heavy atom. The number of rotatable bonds is 7. The highest BCUT2D eigenvalue weighted by atomic mass is 16.6. The largest absolute Gasteiger partial charge is 0.308 e. The van der Waals surface area contributed by atoms with Crippen LogP contribution in [0.3, 0.4) is 0 Å². The SMILES string of the molecule is Cc1c(N[N+](=O)c2cc([N+](=O)[O-])cc([N+](=O)[O-])c2C)cc([N+](=O)[O-])cc1[N+](=O)[O-]. The molecule has 2 aromatic carbocycles. The van der Waals surface area contributed by atoms with Crippen LogP contribution in [0.5, 0.6) is 0 Å². The number of anilines is 1. The zero-order valence-electron chi connectivity index (χ0n) is 14.7. The summed E-state index contributed by atoms with van der Waals surface area (Å²) in [5.41, 5.74) is -1.83. The number of nitrogens with one attached hydrogen (secondary N) is 1. The van der Waals surface area contributed by atoms with E-state index in [1.54, 1.807) is 0 Å². The van der Waals surface area contributed by atoms with Crippen molar-refractivity contribution >= 4 is 34.1 Å². The summed E-state index contributed by atoms with van der Waals surface area (Å²) in [5.74, 6) is 0. The minimum atomic E-state index is -0.937. The molecule has 15 nitrogen and oxygen atoms in total. The lowest BCUT2D eigenvalue weighted by Gasteiger charge is -2.05. The number of nitrogens with zero attached hydrogens (tertiary/aromatic N) is 5. The predicted octanol–water partition coefficient (Wildman–Crippen LogP) is 3.37. The number of hydrogen-bond acceptors (Lipinski definition) is 9. The van der Waals surface area contributed by atoms with Crippen LogP contribution in [0.2, 0.25) is 0 Å². The van der Waals surface area contributed by atoms with E-state index in [1.165, 1.54) is 13.8 Å². The van der Waals surface area contributed by atoms with Crippen LogP contribution in [0.25, 0.3) is 0 Å². The molecule has 0 aliphatic carbocycles. The number of nitro benzene ring substituents is 4. The van der Waals surface area contributed by atoms with E-state index in [0.717, 1.165) is 12.1 Å². The van der Waals surface area contributed by atoms with Crippen molar-refractivity contribution in [3.8, 4) is 0 Å². The van der Waals surface area contributed by atoms with Gasteiger partial charge < -0.3 is 0 Å². The molecule has 0 atom stereocenters. The molecule has 0 aliphatic rings. The van der Waals surface area contributed by atoms with Crippen LogP contribution in [-0.2, 0) is 0 Å². The molecule has 0 spiro atoms. The summed E-state index contributed by atoms with van der Waals surface area (Å²) in [7, 11) is 0. The van der Waals surface area contributed by atoms with Gasteiger partial charge in [-0.25, -0.2) is 0 Å². The predicted molar refractivity (Wildman–Crippen MR) is 95.9 cm³/mol. The van der Waals surface area contributed by atoms with Crippen LogP contribution in [0.4, 0.5) is 34.1 Å². The third-order valence-corrected chi connectivity index (χ3v) is 3.96. The lowest BCUT2D eigenvalue weighted by Crippen LogP contribution is -2.14. The zero-order chi connectivity index (χ0) is 22.0. The first kappa shape index (κ1) is 20.7. The quantitative estimate of drug-likeness (QED) is 0.402. The normalized spacial score (nSPS) is 10.3. The highest BCUT2D eigenvalue weighted by molar-refractivity contribution is 5.65. The van der Waals surface area contributed by atoms with E-state index < -0.39 is 48.1 Å². The molecule has 0 amide bonds. The van der Waals surface area contributed by atoms with E-state index in [-0.39, 0.29) is 21.7 Å². The molecule has 0 aliphatic heterocycles. The van der Waals surface area contributed by atoms with Crippen LogP contribution in [-0.4, -0.2) is 24.6 Å². The first-order valence-electron chi connectivity index (χ1n) is 7.54. The Morgan fingerprint density at radius 3 is 1.48 bits per heavy atom. The molecule has 1 N–H and O–H groups in total. The third kappa shape index (κ3) is 4.07. The van der Waals surface area contributed by atoms with Gasteiger partial charge in [-0.15, -0.1) is 5.43 Å². The second kappa shape index (κ2) is 7.59. The van der Waals surface area contributed by atoms with Crippen LogP contribution >= 0.6 is 0 Å². The lowest BCUT2D eigenvalue weighted by atomic mass is 10.1. The molecule has 15 heteroatoms. The number of benzene rings is 2. The van der Waals surface area contributed by atoms with E-state index in [4.69, 9.17) is 0 Å². The van der Waals surface area contributed by atoms with Gasteiger partial charge in [0.25, 0.3) is 22.7 Å². The molecule has 0 aromatic heterocycles. The minimum Gasteiger partial charge on any atom is -0.258 e. The fraction of sp³-hybridized carbons (Fsp3) is 0.143. The van der Waals surface area contributed by atoms with Gasteiger partial charge in [0.05, 0.1) is 48.4 Å². The number of hydrazine groups is 1. The van der Waals surface area contributed by atoms with Gasteiger partial charge in [-0.05, 0) is 13.8 Å².